The molecule has 3 aromatic rings. The van der Waals surface area contributed by atoms with Gasteiger partial charge >= 0.3 is 0 Å². The quantitative estimate of drug-likeness (QED) is 0.593. The van der Waals surface area contributed by atoms with Gasteiger partial charge in [-0.25, -0.2) is 0 Å². The Hall–Kier alpha value is -3.05. The van der Waals surface area contributed by atoms with E-state index in [9.17, 15) is 10.1 Å². The molecule has 3 rings (SSSR count). The molecule has 2 heterocycles. The van der Waals surface area contributed by atoms with Crippen LogP contribution >= 0.6 is 11.8 Å². The predicted molar refractivity (Wildman–Crippen MR) is 112 cm³/mol. The number of para-hydroxylation sites is 1. The summed E-state index contributed by atoms with van der Waals surface area (Å²) in [5, 5.41) is 21.5. The second-order valence-corrected chi connectivity index (χ2v) is 8.12. The average molecular weight is 410 g/mol. The molecule has 1 unspecified atom stereocenters. The third-order valence-corrected chi connectivity index (χ3v) is 5.79. The Morgan fingerprint density at radius 2 is 2.03 bits per heavy atom. The topological polar surface area (TPSA) is 96.7 Å². The molecule has 0 aliphatic rings. The van der Waals surface area contributed by atoms with Crippen LogP contribution in [0.15, 0.2) is 52.2 Å². The monoisotopic (exact) mass is 409 g/mol. The smallest absolute Gasteiger partial charge is 0.231 e. The highest BCUT2D eigenvalue weighted by Crippen LogP contribution is 2.30. The molecular weight excluding hydrogens is 386 g/mol. The Balaban J connectivity index is 1.87. The first-order valence-electron chi connectivity index (χ1n) is 9.26. The van der Waals surface area contributed by atoms with Crippen molar-refractivity contribution in [1.29, 1.82) is 5.26 Å². The highest BCUT2D eigenvalue weighted by Gasteiger charge is 2.30. The van der Waals surface area contributed by atoms with Gasteiger partial charge in [-0.1, -0.05) is 43.8 Å². The molecule has 2 aromatic heterocycles. The number of nitrogens with zero attached hydrogens (tertiary/aromatic N) is 4. The van der Waals surface area contributed by atoms with Crippen LogP contribution in [-0.2, 0) is 4.79 Å². The number of aryl methyl sites for hydroxylation is 1. The largest absolute Gasteiger partial charge is 0.469 e. The van der Waals surface area contributed by atoms with Crippen LogP contribution in [0.25, 0.3) is 17.1 Å². The standard InChI is InChI=1S/C21H23N5O2S/c1-14(2)21(4,13-22)23-18(27)12-29-20-25-24-19(17-10-11-28-15(17)3)26(20)16-8-6-5-7-9-16/h5-11,14H,12H2,1-4H3,(H,23,27). The Morgan fingerprint density at radius 1 is 1.31 bits per heavy atom. The van der Waals surface area contributed by atoms with E-state index < -0.39 is 5.54 Å². The Bertz CT molecular complexity index is 1040. The molecule has 1 N–H and O–H groups in total. The van der Waals surface area contributed by atoms with E-state index in [-0.39, 0.29) is 17.6 Å². The maximum atomic E-state index is 12.5. The Kier molecular flexibility index (Phi) is 6.09. The first-order valence-corrected chi connectivity index (χ1v) is 10.2. The lowest BCUT2D eigenvalue weighted by molar-refractivity contribution is -0.120. The van der Waals surface area contributed by atoms with Crippen LogP contribution < -0.4 is 5.32 Å². The van der Waals surface area contributed by atoms with E-state index in [4.69, 9.17) is 4.42 Å². The molecule has 0 saturated carbocycles. The average Bonchev–Trinajstić information content (AvgIpc) is 3.32. The van der Waals surface area contributed by atoms with Gasteiger partial charge in [0.25, 0.3) is 0 Å². The predicted octanol–water partition coefficient (Wildman–Crippen LogP) is 3.98. The molecule has 0 spiro atoms. The van der Waals surface area contributed by atoms with E-state index in [0.29, 0.717) is 11.0 Å². The van der Waals surface area contributed by atoms with E-state index in [2.05, 4.69) is 21.6 Å². The normalized spacial score (nSPS) is 13.1. The fraction of sp³-hybridized carbons (Fsp3) is 0.333. The van der Waals surface area contributed by atoms with Crippen LogP contribution in [0, 0.1) is 24.2 Å². The molecule has 0 radical (unpaired) electrons. The molecule has 0 saturated heterocycles. The van der Waals surface area contributed by atoms with E-state index in [1.165, 1.54) is 11.8 Å². The summed E-state index contributed by atoms with van der Waals surface area (Å²) in [6.45, 7) is 7.41. The second-order valence-electron chi connectivity index (χ2n) is 7.17. The van der Waals surface area contributed by atoms with Crippen molar-refractivity contribution in [3.8, 4) is 23.1 Å². The lowest BCUT2D eigenvalue weighted by Gasteiger charge is -2.27. The fourth-order valence-corrected chi connectivity index (χ4v) is 3.47. The minimum Gasteiger partial charge on any atom is -0.469 e. The van der Waals surface area contributed by atoms with Crippen molar-refractivity contribution in [3.05, 3.63) is 48.4 Å². The molecule has 0 bridgehead atoms. The van der Waals surface area contributed by atoms with Crippen LogP contribution in [0.2, 0.25) is 0 Å². The maximum absolute atomic E-state index is 12.5. The summed E-state index contributed by atoms with van der Waals surface area (Å²) >= 11 is 1.27. The summed E-state index contributed by atoms with van der Waals surface area (Å²) < 4.78 is 7.33. The summed E-state index contributed by atoms with van der Waals surface area (Å²) in [4.78, 5) is 12.5. The highest BCUT2D eigenvalue weighted by atomic mass is 32.2. The van der Waals surface area contributed by atoms with Crippen LogP contribution in [-0.4, -0.2) is 32.0 Å². The zero-order valence-electron chi connectivity index (χ0n) is 16.8. The van der Waals surface area contributed by atoms with E-state index in [1.807, 2.05) is 61.7 Å². The SMILES string of the molecule is Cc1occc1-c1nnc(SCC(=O)NC(C)(C#N)C(C)C)n1-c1ccccc1. The molecule has 29 heavy (non-hydrogen) atoms. The van der Waals surface area contributed by atoms with Gasteiger partial charge in [-0.3, -0.25) is 9.36 Å². The number of furan rings is 1. The minimum absolute atomic E-state index is 0.00918. The summed E-state index contributed by atoms with van der Waals surface area (Å²) in [6, 6.07) is 13.8. The zero-order chi connectivity index (χ0) is 21.0. The summed E-state index contributed by atoms with van der Waals surface area (Å²) in [7, 11) is 0. The van der Waals surface area contributed by atoms with Gasteiger partial charge in [0.2, 0.25) is 5.91 Å². The summed E-state index contributed by atoms with van der Waals surface area (Å²) in [5.74, 6) is 1.28. The molecule has 1 atom stereocenters. The molecular formula is C21H23N5O2S. The maximum Gasteiger partial charge on any atom is 0.231 e. The second kappa shape index (κ2) is 8.53. The molecule has 0 aliphatic carbocycles. The summed E-state index contributed by atoms with van der Waals surface area (Å²) in [5.41, 5.74) is 0.818. The van der Waals surface area contributed by atoms with Gasteiger partial charge in [-0.05, 0) is 38.0 Å². The Labute approximate surface area is 174 Å². The molecule has 8 heteroatoms. The lowest BCUT2D eigenvalue weighted by atomic mass is 9.90. The van der Waals surface area contributed by atoms with Gasteiger partial charge in [-0.2, -0.15) is 5.26 Å². The third-order valence-electron chi connectivity index (χ3n) is 4.87. The van der Waals surface area contributed by atoms with E-state index in [1.54, 1.807) is 13.2 Å². The number of amides is 1. The van der Waals surface area contributed by atoms with E-state index in [0.717, 1.165) is 17.0 Å². The van der Waals surface area contributed by atoms with Crippen molar-refractivity contribution < 1.29 is 9.21 Å². The van der Waals surface area contributed by atoms with Gasteiger partial charge in [0.1, 0.15) is 11.3 Å². The van der Waals surface area contributed by atoms with Crippen molar-refractivity contribution in [1.82, 2.24) is 20.1 Å². The van der Waals surface area contributed by atoms with Crippen molar-refractivity contribution >= 4 is 17.7 Å². The van der Waals surface area contributed by atoms with Crippen LogP contribution in [0.5, 0.6) is 0 Å². The number of nitrogens with one attached hydrogen (secondary N) is 1. The molecule has 1 amide bonds. The van der Waals surface area contributed by atoms with Crippen molar-refractivity contribution in [2.75, 3.05) is 5.75 Å². The van der Waals surface area contributed by atoms with Gasteiger partial charge in [-0.15, -0.1) is 10.2 Å². The van der Waals surface area contributed by atoms with Gasteiger partial charge in [0, 0.05) is 5.69 Å². The molecule has 0 fully saturated rings. The van der Waals surface area contributed by atoms with Crippen LogP contribution in [0.4, 0.5) is 0 Å². The summed E-state index contributed by atoms with van der Waals surface area (Å²) in [6.07, 6.45) is 1.61. The van der Waals surface area contributed by atoms with Crippen molar-refractivity contribution in [2.24, 2.45) is 5.92 Å². The molecule has 7 nitrogen and oxygen atoms in total. The number of carbonyl (C=O) groups is 1. The number of aromatic nitrogens is 3. The van der Waals surface area contributed by atoms with Gasteiger partial charge in [0.05, 0.1) is 23.6 Å². The number of rotatable bonds is 7. The van der Waals surface area contributed by atoms with Crippen molar-refractivity contribution in [2.45, 2.75) is 38.4 Å². The number of hydrogen-bond donors (Lipinski definition) is 1. The fourth-order valence-electron chi connectivity index (χ4n) is 2.72. The Morgan fingerprint density at radius 3 is 2.62 bits per heavy atom. The molecule has 150 valence electrons. The first kappa shape index (κ1) is 20.7. The number of nitriles is 1. The number of carbonyl (C=O) groups excluding carboxylic acids is 1. The third kappa shape index (κ3) is 4.35. The van der Waals surface area contributed by atoms with Gasteiger partial charge < -0.3 is 9.73 Å². The molecule has 1 aromatic carbocycles. The number of thioether (sulfide) groups is 1. The van der Waals surface area contributed by atoms with E-state index >= 15 is 0 Å². The number of benzene rings is 1. The highest BCUT2D eigenvalue weighted by molar-refractivity contribution is 7.99. The van der Waals surface area contributed by atoms with Crippen LogP contribution in [0.3, 0.4) is 0 Å². The number of hydrogen-bond acceptors (Lipinski definition) is 6. The minimum atomic E-state index is -0.913. The molecule has 0 aliphatic heterocycles. The van der Waals surface area contributed by atoms with Gasteiger partial charge in [0.15, 0.2) is 11.0 Å². The van der Waals surface area contributed by atoms with Crippen molar-refractivity contribution in [3.63, 3.8) is 0 Å². The van der Waals surface area contributed by atoms with Crippen LogP contribution in [0.1, 0.15) is 26.5 Å². The lowest BCUT2D eigenvalue weighted by Crippen LogP contribution is -2.49. The first-order chi connectivity index (χ1) is 13.9. The zero-order valence-corrected chi connectivity index (χ0v) is 17.7.